The highest BCUT2D eigenvalue weighted by atomic mass is 14.6. The van der Waals surface area contributed by atoms with Crippen LogP contribution in [0.4, 0.5) is 0 Å². The molecule has 82 valence electrons. The molecule has 14 heavy (non-hydrogen) atoms. The average molecular weight is 195 g/mol. The van der Waals surface area contributed by atoms with Gasteiger partial charge in [0.1, 0.15) is 0 Å². The standard InChI is InChI=1S/C13H25N/c1-6-11(4)7-8-13(14)12(5)9-10(2)3/h10,13H,4-9,14H2,1-3H3. The Hall–Kier alpha value is -0.560. The number of nitrogens with two attached hydrogens (primary N) is 1. The smallest absolute Gasteiger partial charge is 0.0254 e. The maximum Gasteiger partial charge on any atom is 0.0254 e. The van der Waals surface area contributed by atoms with Gasteiger partial charge in [0.25, 0.3) is 0 Å². The molecule has 0 radical (unpaired) electrons. The Morgan fingerprint density at radius 3 is 2.29 bits per heavy atom. The minimum absolute atomic E-state index is 0.153. The zero-order chi connectivity index (χ0) is 11.1. The summed E-state index contributed by atoms with van der Waals surface area (Å²) in [5.41, 5.74) is 8.50. The fraction of sp³-hybridized carbons (Fsp3) is 0.692. The Kier molecular flexibility index (Phi) is 6.56. The van der Waals surface area contributed by atoms with Gasteiger partial charge in [-0.2, -0.15) is 0 Å². The van der Waals surface area contributed by atoms with Gasteiger partial charge >= 0.3 is 0 Å². The third-order valence-corrected chi connectivity index (χ3v) is 2.50. The molecule has 0 saturated heterocycles. The van der Waals surface area contributed by atoms with E-state index in [-0.39, 0.29) is 6.04 Å². The van der Waals surface area contributed by atoms with Crippen LogP contribution in [0.3, 0.4) is 0 Å². The molecule has 0 amide bonds. The molecule has 2 N–H and O–H groups in total. The Morgan fingerprint density at radius 2 is 1.86 bits per heavy atom. The summed E-state index contributed by atoms with van der Waals surface area (Å²) in [5, 5.41) is 0. The van der Waals surface area contributed by atoms with Crippen molar-refractivity contribution in [3.05, 3.63) is 24.3 Å². The van der Waals surface area contributed by atoms with Gasteiger partial charge in [-0.1, -0.05) is 45.1 Å². The van der Waals surface area contributed by atoms with Crippen LogP contribution in [-0.4, -0.2) is 6.04 Å². The van der Waals surface area contributed by atoms with Crippen LogP contribution >= 0.6 is 0 Å². The lowest BCUT2D eigenvalue weighted by Crippen LogP contribution is -2.23. The van der Waals surface area contributed by atoms with Gasteiger partial charge in [0, 0.05) is 6.04 Å². The van der Waals surface area contributed by atoms with Crippen molar-refractivity contribution in [2.75, 3.05) is 0 Å². The van der Waals surface area contributed by atoms with E-state index < -0.39 is 0 Å². The molecule has 0 bridgehead atoms. The topological polar surface area (TPSA) is 26.0 Å². The Bertz CT molecular complexity index is 191. The van der Waals surface area contributed by atoms with Crippen molar-refractivity contribution in [3.63, 3.8) is 0 Å². The molecule has 0 fully saturated rings. The molecular formula is C13H25N. The van der Waals surface area contributed by atoms with E-state index in [1.54, 1.807) is 0 Å². The number of hydrogen-bond acceptors (Lipinski definition) is 1. The summed E-state index contributed by atoms with van der Waals surface area (Å²) in [4.78, 5) is 0. The molecule has 1 heteroatoms. The molecule has 1 atom stereocenters. The SMILES string of the molecule is C=C(CC)CCC(N)C(=C)CC(C)C. The van der Waals surface area contributed by atoms with Crippen molar-refractivity contribution in [3.8, 4) is 0 Å². The molecule has 0 aliphatic rings. The first kappa shape index (κ1) is 13.4. The molecule has 0 aliphatic carbocycles. The van der Waals surface area contributed by atoms with Crippen LogP contribution in [0.5, 0.6) is 0 Å². The van der Waals surface area contributed by atoms with Gasteiger partial charge in [-0.05, 0) is 31.6 Å². The first-order valence-corrected chi connectivity index (χ1v) is 5.57. The largest absolute Gasteiger partial charge is 0.324 e. The Balaban J connectivity index is 3.78. The second kappa shape index (κ2) is 6.83. The zero-order valence-corrected chi connectivity index (χ0v) is 9.97. The molecule has 0 heterocycles. The predicted octanol–water partition coefficient (Wildman–Crippen LogP) is 3.66. The Labute approximate surface area is 89.1 Å². The molecule has 0 rings (SSSR count). The fourth-order valence-electron chi connectivity index (χ4n) is 1.42. The maximum atomic E-state index is 6.03. The van der Waals surface area contributed by atoms with Gasteiger partial charge in [0.05, 0.1) is 0 Å². The lowest BCUT2D eigenvalue weighted by Gasteiger charge is -2.16. The maximum absolute atomic E-state index is 6.03. The van der Waals surface area contributed by atoms with Crippen LogP contribution in [0.15, 0.2) is 24.3 Å². The highest BCUT2D eigenvalue weighted by Crippen LogP contribution is 2.16. The van der Waals surface area contributed by atoms with Crippen LogP contribution < -0.4 is 5.73 Å². The monoisotopic (exact) mass is 195 g/mol. The summed E-state index contributed by atoms with van der Waals surface area (Å²) in [6.45, 7) is 14.6. The Morgan fingerprint density at radius 1 is 1.29 bits per heavy atom. The summed E-state index contributed by atoms with van der Waals surface area (Å²) < 4.78 is 0. The van der Waals surface area contributed by atoms with Crippen molar-refractivity contribution in [1.29, 1.82) is 0 Å². The van der Waals surface area contributed by atoms with E-state index in [4.69, 9.17) is 5.73 Å². The average Bonchev–Trinajstić information content (AvgIpc) is 2.12. The lowest BCUT2D eigenvalue weighted by atomic mass is 9.94. The number of allylic oxidation sites excluding steroid dienone is 1. The zero-order valence-electron chi connectivity index (χ0n) is 9.97. The van der Waals surface area contributed by atoms with E-state index in [0.717, 1.165) is 25.7 Å². The molecular weight excluding hydrogens is 170 g/mol. The van der Waals surface area contributed by atoms with Gasteiger partial charge in [-0.15, -0.1) is 0 Å². The summed E-state index contributed by atoms with van der Waals surface area (Å²) in [6.07, 6.45) is 4.14. The van der Waals surface area contributed by atoms with Crippen LogP contribution in [0.2, 0.25) is 0 Å². The lowest BCUT2D eigenvalue weighted by molar-refractivity contribution is 0.579. The van der Waals surface area contributed by atoms with Crippen molar-refractivity contribution < 1.29 is 0 Å². The number of rotatable bonds is 7. The van der Waals surface area contributed by atoms with E-state index >= 15 is 0 Å². The van der Waals surface area contributed by atoms with Crippen molar-refractivity contribution in [1.82, 2.24) is 0 Å². The first-order valence-electron chi connectivity index (χ1n) is 5.57. The molecule has 0 aromatic heterocycles. The second-order valence-electron chi connectivity index (χ2n) is 4.50. The van der Waals surface area contributed by atoms with E-state index in [1.807, 2.05) is 0 Å². The molecule has 0 spiro atoms. The van der Waals surface area contributed by atoms with E-state index in [0.29, 0.717) is 5.92 Å². The third-order valence-electron chi connectivity index (χ3n) is 2.50. The molecule has 1 unspecified atom stereocenters. The van der Waals surface area contributed by atoms with Crippen LogP contribution in [-0.2, 0) is 0 Å². The van der Waals surface area contributed by atoms with Crippen molar-refractivity contribution >= 4 is 0 Å². The summed E-state index contributed by atoms with van der Waals surface area (Å²) in [7, 11) is 0. The molecule has 0 aliphatic heterocycles. The van der Waals surface area contributed by atoms with Crippen LogP contribution in [0.1, 0.15) is 46.5 Å². The van der Waals surface area contributed by atoms with Gasteiger partial charge in [0.2, 0.25) is 0 Å². The van der Waals surface area contributed by atoms with Crippen molar-refractivity contribution in [2.24, 2.45) is 11.7 Å². The number of hydrogen-bond donors (Lipinski definition) is 1. The first-order chi connectivity index (χ1) is 6.47. The van der Waals surface area contributed by atoms with Crippen molar-refractivity contribution in [2.45, 2.75) is 52.5 Å². The summed E-state index contributed by atoms with van der Waals surface area (Å²) >= 11 is 0. The van der Waals surface area contributed by atoms with Gasteiger partial charge in [-0.25, -0.2) is 0 Å². The molecule has 0 saturated carbocycles. The van der Waals surface area contributed by atoms with E-state index in [1.165, 1.54) is 11.1 Å². The molecule has 1 nitrogen and oxygen atoms in total. The van der Waals surface area contributed by atoms with Gasteiger partial charge < -0.3 is 5.73 Å². The predicted molar refractivity (Wildman–Crippen MR) is 65.2 cm³/mol. The third kappa shape index (κ3) is 5.98. The highest BCUT2D eigenvalue weighted by Gasteiger charge is 2.08. The molecule has 0 aromatic rings. The van der Waals surface area contributed by atoms with E-state index in [9.17, 15) is 0 Å². The normalized spacial score (nSPS) is 12.9. The van der Waals surface area contributed by atoms with E-state index in [2.05, 4.69) is 33.9 Å². The molecule has 0 aromatic carbocycles. The van der Waals surface area contributed by atoms with Gasteiger partial charge in [0.15, 0.2) is 0 Å². The van der Waals surface area contributed by atoms with Crippen LogP contribution in [0.25, 0.3) is 0 Å². The fourth-order valence-corrected chi connectivity index (χ4v) is 1.42. The van der Waals surface area contributed by atoms with Gasteiger partial charge in [-0.3, -0.25) is 0 Å². The minimum atomic E-state index is 0.153. The summed E-state index contributed by atoms with van der Waals surface area (Å²) in [5.74, 6) is 0.655. The van der Waals surface area contributed by atoms with Crippen LogP contribution in [0, 0.1) is 5.92 Å². The second-order valence-corrected chi connectivity index (χ2v) is 4.50. The quantitative estimate of drug-likeness (QED) is 0.616. The minimum Gasteiger partial charge on any atom is -0.324 e. The highest BCUT2D eigenvalue weighted by molar-refractivity contribution is 5.06. The summed E-state index contributed by atoms with van der Waals surface area (Å²) in [6, 6.07) is 0.153.